The third-order valence-corrected chi connectivity index (χ3v) is 4.83. The predicted molar refractivity (Wildman–Crippen MR) is 115 cm³/mol. The molecule has 0 unspecified atom stereocenters. The molecule has 12 heteroatoms. The van der Waals surface area contributed by atoms with Gasteiger partial charge < -0.3 is 19.8 Å². The van der Waals surface area contributed by atoms with Gasteiger partial charge in [0.2, 0.25) is 11.2 Å². The van der Waals surface area contributed by atoms with Gasteiger partial charge in [-0.25, -0.2) is 19.7 Å². The molecule has 3 aromatic rings. The molecule has 0 spiro atoms. The number of nitrogens with zero attached hydrogens (tertiary/aromatic N) is 6. The van der Waals surface area contributed by atoms with E-state index in [0.717, 1.165) is 12.8 Å². The molecule has 0 atom stereocenters. The van der Waals surface area contributed by atoms with E-state index in [2.05, 4.69) is 30.2 Å². The number of ether oxygens (including phenoxy) is 2. The second-order valence-electron chi connectivity index (χ2n) is 8.13. The fourth-order valence-corrected chi connectivity index (χ4v) is 3.51. The van der Waals surface area contributed by atoms with Crippen molar-refractivity contribution >= 4 is 40.6 Å². The number of nitrogens with one attached hydrogen (secondary N) is 1. The summed E-state index contributed by atoms with van der Waals surface area (Å²) in [7, 11) is 0. The summed E-state index contributed by atoms with van der Waals surface area (Å²) >= 11 is 6.21. The van der Waals surface area contributed by atoms with E-state index in [0.29, 0.717) is 35.6 Å². The average molecular weight is 447 g/mol. The first-order chi connectivity index (χ1) is 14.7. The van der Waals surface area contributed by atoms with Crippen molar-refractivity contribution in [3.8, 4) is 11.3 Å². The Kier molecular flexibility index (Phi) is 5.63. The molecule has 1 saturated heterocycles. The lowest BCUT2D eigenvalue weighted by Crippen LogP contribution is -2.27. The van der Waals surface area contributed by atoms with Crippen LogP contribution in [0.15, 0.2) is 12.5 Å². The fourth-order valence-electron chi connectivity index (χ4n) is 3.34. The number of anilines is 2. The fraction of sp³-hybridized carbons (Fsp3) is 0.474. The van der Waals surface area contributed by atoms with Gasteiger partial charge in [-0.1, -0.05) is 0 Å². The summed E-state index contributed by atoms with van der Waals surface area (Å²) in [6.45, 7) is 6.64. The molecule has 4 rings (SSSR count). The molecule has 31 heavy (non-hydrogen) atoms. The molecule has 3 aromatic heterocycles. The lowest BCUT2D eigenvalue weighted by molar-refractivity contribution is 0.0634. The Hall–Kier alpha value is -3.05. The Bertz CT molecular complexity index is 1120. The highest BCUT2D eigenvalue weighted by molar-refractivity contribution is 6.28. The maximum atomic E-state index is 12.0. The zero-order valence-corrected chi connectivity index (χ0v) is 18.2. The number of nitrogens with two attached hydrogens (primary N) is 1. The number of carbonyl (C=O) groups excluding carboxylic acids is 1. The number of imidazole rings is 1. The third kappa shape index (κ3) is 4.67. The normalized spacial score (nSPS) is 15.2. The number of fused-ring (bicyclic) bond motifs is 1. The van der Waals surface area contributed by atoms with Gasteiger partial charge in [0.25, 0.3) is 0 Å². The van der Waals surface area contributed by atoms with E-state index in [9.17, 15) is 4.79 Å². The quantitative estimate of drug-likeness (QED) is 0.579. The van der Waals surface area contributed by atoms with E-state index in [1.54, 1.807) is 27.1 Å². The minimum Gasteiger partial charge on any atom is -0.444 e. The van der Waals surface area contributed by atoms with Crippen LogP contribution >= 0.6 is 11.6 Å². The molecule has 0 aromatic carbocycles. The number of carbonyl (C=O) groups is 1. The summed E-state index contributed by atoms with van der Waals surface area (Å²) in [4.78, 5) is 33.5. The van der Waals surface area contributed by atoms with Gasteiger partial charge in [0, 0.05) is 25.5 Å². The van der Waals surface area contributed by atoms with Crippen LogP contribution in [0.25, 0.3) is 22.4 Å². The topological polar surface area (TPSA) is 143 Å². The predicted octanol–water partition coefficient (Wildman–Crippen LogP) is 3.22. The van der Waals surface area contributed by atoms with Gasteiger partial charge >= 0.3 is 6.09 Å². The van der Waals surface area contributed by atoms with Crippen LogP contribution in [0.4, 0.5) is 16.6 Å². The number of aromatic nitrogens is 6. The summed E-state index contributed by atoms with van der Waals surface area (Å²) in [5.74, 6) is 0.123. The number of amides is 1. The molecule has 1 fully saturated rings. The van der Waals surface area contributed by atoms with E-state index in [-0.39, 0.29) is 23.1 Å². The van der Waals surface area contributed by atoms with Crippen molar-refractivity contribution in [1.29, 1.82) is 0 Å². The second kappa shape index (κ2) is 8.23. The highest BCUT2D eigenvalue weighted by atomic mass is 35.5. The van der Waals surface area contributed by atoms with Crippen LogP contribution < -0.4 is 11.1 Å². The van der Waals surface area contributed by atoms with Crippen molar-refractivity contribution in [1.82, 2.24) is 29.5 Å². The van der Waals surface area contributed by atoms with Gasteiger partial charge in [-0.3, -0.25) is 5.32 Å². The molecule has 4 heterocycles. The molecular weight excluding hydrogens is 424 g/mol. The van der Waals surface area contributed by atoms with E-state index >= 15 is 0 Å². The summed E-state index contributed by atoms with van der Waals surface area (Å²) in [6, 6.07) is 0.214. The van der Waals surface area contributed by atoms with Crippen LogP contribution in [0, 0.1) is 0 Å². The molecule has 1 aliphatic rings. The van der Waals surface area contributed by atoms with Gasteiger partial charge in [0.15, 0.2) is 5.65 Å². The van der Waals surface area contributed by atoms with Crippen molar-refractivity contribution in [2.24, 2.45) is 0 Å². The molecule has 0 saturated carbocycles. The largest absolute Gasteiger partial charge is 0.444 e. The van der Waals surface area contributed by atoms with Crippen LogP contribution in [0.2, 0.25) is 5.28 Å². The summed E-state index contributed by atoms with van der Waals surface area (Å²) in [6.07, 6.45) is 4.23. The first-order valence-corrected chi connectivity index (χ1v) is 10.2. The zero-order chi connectivity index (χ0) is 22.2. The number of hydrogen-bond acceptors (Lipinski definition) is 9. The van der Waals surface area contributed by atoms with E-state index in [4.69, 9.17) is 26.8 Å². The Morgan fingerprint density at radius 3 is 2.68 bits per heavy atom. The number of nitrogen functional groups attached to an aromatic ring is 1. The molecule has 3 N–H and O–H groups in total. The number of hydrogen-bond donors (Lipinski definition) is 2. The highest BCUT2D eigenvalue weighted by Gasteiger charge is 2.23. The maximum Gasteiger partial charge on any atom is 0.414 e. The van der Waals surface area contributed by atoms with E-state index in [1.165, 1.54) is 6.20 Å². The second-order valence-corrected chi connectivity index (χ2v) is 8.47. The maximum absolute atomic E-state index is 12.0. The summed E-state index contributed by atoms with van der Waals surface area (Å²) in [5, 5.41) is 2.52. The minimum absolute atomic E-state index is 0.0135. The molecule has 0 aliphatic carbocycles. The third-order valence-electron chi connectivity index (χ3n) is 4.66. The Balaban J connectivity index is 1.67. The first-order valence-electron chi connectivity index (χ1n) is 9.82. The Morgan fingerprint density at radius 2 is 2.00 bits per heavy atom. The molecule has 0 bridgehead atoms. The highest BCUT2D eigenvalue weighted by Crippen LogP contribution is 2.32. The van der Waals surface area contributed by atoms with E-state index < -0.39 is 11.7 Å². The molecule has 164 valence electrons. The van der Waals surface area contributed by atoms with Crippen LogP contribution in [0.3, 0.4) is 0 Å². The van der Waals surface area contributed by atoms with Gasteiger partial charge in [0.05, 0.1) is 11.9 Å². The Morgan fingerprint density at radius 1 is 1.26 bits per heavy atom. The van der Waals surface area contributed by atoms with Gasteiger partial charge in [-0.2, -0.15) is 9.97 Å². The standard InChI is InChI=1S/C19H23ClN8O3/c1-19(2,3)31-18(29)27-17-22-8-11(14(21)25-17)12-13-15(26-16(20)24-12)28(9-23-13)10-4-6-30-7-5-10/h8-10H,4-7H2,1-3H3,(H3,21,22,25,27,29). The lowest BCUT2D eigenvalue weighted by atomic mass is 10.1. The van der Waals surface area contributed by atoms with Crippen molar-refractivity contribution in [2.75, 3.05) is 24.3 Å². The van der Waals surface area contributed by atoms with Crippen LogP contribution in [0.5, 0.6) is 0 Å². The molecule has 11 nitrogen and oxygen atoms in total. The zero-order valence-electron chi connectivity index (χ0n) is 17.4. The van der Waals surface area contributed by atoms with Crippen molar-refractivity contribution in [3.05, 3.63) is 17.8 Å². The van der Waals surface area contributed by atoms with Crippen molar-refractivity contribution < 1.29 is 14.3 Å². The monoisotopic (exact) mass is 446 g/mol. The van der Waals surface area contributed by atoms with Gasteiger partial charge in [0.1, 0.15) is 22.6 Å². The van der Waals surface area contributed by atoms with Crippen LogP contribution in [0.1, 0.15) is 39.7 Å². The van der Waals surface area contributed by atoms with Crippen molar-refractivity contribution in [3.63, 3.8) is 0 Å². The first kappa shape index (κ1) is 21.2. The van der Waals surface area contributed by atoms with Gasteiger partial charge in [-0.05, 0) is 45.2 Å². The molecule has 0 radical (unpaired) electrons. The smallest absolute Gasteiger partial charge is 0.414 e. The van der Waals surface area contributed by atoms with E-state index in [1.807, 2.05) is 4.57 Å². The lowest BCUT2D eigenvalue weighted by Gasteiger charge is -2.23. The van der Waals surface area contributed by atoms with Crippen LogP contribution in [-0.2, 0) is 9.47 Å². The number of halogens is 1. The average Bonchev–Trinajstić information content (AvgIpc) is 3.10. The molecular formula is C19H23ClN8O3. The van der Waals surface area contributed by atoms with Gasteiger partial charge in [-0.15, -0.1) is 0 Å². The molecule has 1 aliphatic heterocycles. The number of rotatable bonds is 3. The Labute approximate surface area is 183 Å². The van der Waals surface area contributed by atoms with Crippen molar-refractivity contribution in [2.45, 2.75) is 45.3 Å². The summed E-state index contributed by atoms with van der Waals surface area (Å²) in [5.41, 5.74) is 7.50. The molecule has 1 amide bonds. The SMILES string of the molecule is CC(C)(C)OC(=O)Nc1ncc(-c2nc(Cl)nc3c2ncn3C2CCOCC2)c(N)n1. The minimum atomic E-state index is -0.678. The summed E-state index contributed by atoms with van der Waals surface area (Å²) < 4.78 is 12.6. The van der Waals surface area contributed by atoms with Crippen LogP contribution in [-0.4, -0.2) is 54.4 Å².